The Bertz CT molecular complexity index is 528. The molecule has 1 aliphatic carbocycles. The number of hydrogen-bond donors (Lipinski definition) is 4. The Morgan fingerprint density at radius 1 is 1.50 bits per heavy atom. The van der Waals surface area contributed by atoms with Gasteiger partial charge in [0.05, 0.1) is 5.66 Å². The Morgan fingerprint density at radius 2 is 2.10 bits per heavy atom. The van der Waals surface area contributed by atoms with Gasteiger partial charge in [-0.2, -0.15) is 8.42 Å². The third-order valence-electron chi connectivity index (χ3n) is 3.40. The summed E-state index contributed by atoms with van der Waals surface area (Å²) in [6.45, 7) is 1.82. The van der Waals surface area contributed by atoms with E-state index in [1.165, 1.54) is 0 Å². The van der Waals surface area contributed by atoms with Crippen LogP contribution in [0.1, 0.15) is 26.2 Å². The van der Waals surface area contributed by atoms with Gasteiger partial charge in [0, 0.05) is 12.8 Å². The van der Waals surface area contributed by atoms with Gasteiger partial charge >= 0.3 is 5.97 Å². The first kappa shape index (κ1) is 15.3. The van der Waals surface area contributed by atoms with Crippen LogP contribution in [0, 0.1) is 0 Å². The van der Waals surface area contributed by atoms with Crippen molar-refractivity contribution < 1.29 is 32.4 Å². The first-order valence-electron chi connectivity index (χ1n) is 6.04. The van der Waals surface area contributed by atoms with Crippen LogP contribution in [-0.2, 0) is 24.4 Å². The summed E-state index contributed by atoms with van der Waals surface area (Å²) in [5.74, 6) is -1.71. The van der Waals surface area contributed by atoms with E-state index < -0.39 is 45.7 Å². The van der Waals surface area contributed by atoms with Crippen LogP contribution >= 0.6 is 0 Å². The maximum atomic E-state index is 11.7. The molecule has 3 atom stereocenters. The van der Waals surface area contributed by atoms with Crippen molar-refractivity contribution in [1.82, 2.24) is 10.9 Å². The number of Topliss-reactive ketones (excluding diaryl/α,β-unsaturated/α-hetero) is 1. The quantitative estimate of drug-likeness (QED) is 0.258. The molecule has 114 valence electrons. The zero-order valence-electron chi connectivity index (χ0n) is 10.7. The molecule has 9 nitrogen and oxygen atoms in total. The van der Waals surface area contributed by atoms with Crippen molar-refractivity contribution in [1.29, 1.82) is 0 Å². The van der Waals surface area contributed by atoms with Crippen LogP contribution in [0.5, 0.6) is 0 Å². The number of hydrazine groups is 1. The normalized spacial score (nSPS) is 32.1. The minimum atomic E-state index is -4.60. The fraction of sp³-hybridized carbons (Fsp3) is 0.800. The number of nitrogens with one attached hydrogen (secondary N) is 2. The summed E-state index contributed by atoms with van der Waals surface area (Å²) in [5.41, 5.74) is 5.30. The highest BCUT2D eigenvalue weighted by molar-refractivity contribution is 7.87. The number of hydrogen-bond acceptors (Lipinski definition) is 8. The number of rotatable bonds is 5. The van der Waals surface area contributed by atoms with Crippen molar-refractivity contribution in [3.63, 3.8) is 0 Å². The zero-order chi connectivity index (χ0) is 15.1. The average molecular weight is 308 g/mol. The van der Waals surface area contributed by atoms with Crippen LogP contribution in [0.2, 0.25) is 0 Å². The largest absolute Gasteiger partial charge is 0.451 e. The first-order chi connectivity index (χ1) is 9.12. The molecular formula is C10H16N2O7S. The molecule has 1 heterocycles. The van der Waals surface area contributed by atoms with E-state index in [0.717, 1.165) is 0 Å². The lowest BCUT2D eigenvalue weighted by atomic mass is 10.1. The van der Waals surface area contributed by atoms with Gasteiger partial charge in [-0.25, -0.2) is 10.9 Å². The van der Waals surface area contributed by atoms with E-state index in [2.05, 4.69) is 10.9 Å². The van der Waals surface area contributed by atoms with Gasteiger partial charge in [0.15, 0.2) is 17.1 Å². The second kappa shape index (κ2) is 5.04. The van der Waals surface area contributed by atoms with E-state index in [-0.39, 0.29) is 12.1 Å². The molecule has 0 amide bonds. The van der Waals surface area contributed by atoms with E-state index in [1.807, 2.05) is 6.92 Å². The summed E-state index contributed by atoms with van der Waals surface area (Å²) in [6, 6.07) is 0. The predicted molar refractivity (Wildman–Crippen MR) is 64.8 cm³/mol. The molecule has 1 saturated carbocycles. The number of ether oxygens (including phenoxy) is 1. The fourth-order valence-electron chi connectivity index (χ4n) is 2.02. The maximum Gasteiger partial charge on any atom is 0.306 e. The molecule has 10 heteroatoms. The molecule has 0 spiro atoms. The Hall–Kier alpha value is -1.07. The first-order valence-corrected chi connectivity index (χ1v) is 7.55. The lowest BCUT2D eigenvalue weighted by Crippen LogP contribution is -2.35. The number of carbonyl (C=O) groups excluding carboxylic acids is 2. The Balaban J connectivity index is 1.92. The monoisotopic (exact) mass is 308 g/mol. The molecule has 0 aromatic carbocycles. The van der Waals surface area contributed by atoms with Crippen LogP contribution in [0.3, 0.4) is 0 Å². The van der Waals surface area contributed by atoms with E-state index in [0.29, 0.717) is 6.42 Å². The van der Waals surface area contributed by atoms with E-state index in [1.54, 1.807) is 0 Å². The second-order valence-electron chi connectivity index (χ2n) is 5.20. The van der Waals surface area contributed by atoms with Crippen LogP contribution in [0.4, 0.5) is 0 Å². The fourth-order valence-corrected chi connectivity index (χ4v) is 2.89. The van der Waals surface area contributed by atoms with E-state index in [9.17, 15) is 23.1 Å². The Morgan fingerprint density at radius 3 is 2.55 bits per heavy atom. The molecule has 3 unspecified atom stereocenters. The van der Waals surface area contributed by atoms with Gasteiger partial charge in [0.25, 0.3) is 10.1 Å². The molecule has 1 saturated heterocycles. The molecule has 2 rings (SSSR count). The van der Waals surface area contributed by atoms with E-state index >= 15 is 0 Å². The Kier molecular flexibility index (Phi) is 3.86. The van der Waals surface area contributed by atoms with Crippen molar-refractivity contribution in [2.24, 2.45) is 0 Å². The second-order valence-corrected chi connectivity index (χ2v) is 6.80. The van der Waals surface area contributed by atoms with Crippen molar-refractivity contribution in [3.8, 4) is 0 Å². The average Bonchev–Trinajstić information content (AvgIpc) is 2.99. The molecule has 0 bridgehead atoms. The molecule has 0 radical (unpaired) electrons. The topological polar surface area (TPSA) is 162 Å². The van der Waals surface area contributed by atoms with Crippen LogP contribution in [-0.4, -0.2) is 53.0 Å². The number of ketones is 1. The summed E-state index contributed by atoms with van der Waals surface area (Å²) < 4.78 is 35.6. The lowest BCUT2D eigenvalue weighted by molar-refractivity contribution is -0.158. The van der Waals surface area contributed by atoms with Gasteiger partial charge in [-0.15, -0.1) is 0 Å². The highest BCUT2D eigenvalue weighted by atomic mass is 32.2. The summed E-state index contributed by atoms with van der Waals surface area (Å²) >= 11 is 0. The molecule has 0 aromatic heterocycles. The molecule has 4 N–H and O–H groups in total. The van der Waals surface area contributed by atoms with Crippen LogP contribution in [0.25, 0.3) is 0 Å². The third kappa shape index (κ3) is 3.33. The van der Waals surface area contributed by atoms with Crippen LogP contribution < -0.4 is 10.9 Å². The van der Waals surface area contributed by atoms with Gasteiger partial charge < -0.3 is 9.84 Å². The van der Waals surface area contributed by atoms with Gasteiger partial charge in [-0.3, -0.25) is 14.1 Å². The van der Waals surface area contributed by atoms with Gasteiger partial charge in [-0.1, -0.05) is 0 Å². The smallest absolute Gasteiger partial charge is 0.306 e. The summed E-state index contributed by atoms with van der Waals surface area (Å²) in [6.07, 6.45) is -3.02. The predicted octanol–water partition coefficient (Wildman–Crippen LogP) is -1.91. The molecule has 2 aliphatic rings. The minimum Gasteiger partial charge on any atom is -0.451 e. The van der Waals surface area contributed by atoms with Crippen LogP contribution in [0.15, 0.2) is 0 Å². The van der Waals surface area contributed by atoms with Crippen molar-refractivity contribution >= 4 is 21.9 Å². The highest BCUT2D eigenvalue weighted by Gasteiger charge is 2.49. The van der Waals surface area contributed by atoms with Gasteiger partial charge in [0.2, 0.25) is 0 Å². The highest BCUT2D eigenvalue weighted by Crippen LogP contribution is 2.25. The lowest BCUT2D eigenvalue weighted by Gasteiger charge is -2.14. The maximum absolute atomic E-state index is 11.7. The number of carbonyl (C=O) groups is 2. The number of esters is 1. The standard InChI is InChI=1S/C10H16N2O7S/c1-10(11-12-10)3-2-7(14)19-9-5(13)4-6(8(9)15)20(16,17)18/h5-6,9,11-13H,2-4H2,1H3,(H,16,17,18). The van der Waals surface area contributed by atoms with Crippen molar-refractivity contribution in [2.45, 2.75) is 49.3 Å². The molecule has 20 heavy (non-hydrogen) atoms. The molecule has 1 aliphatic heterocycles. The Labute approximate surface area is 115 Å². The molecular weight excluding hydrogens is 292 g/mol. The van der Waals surface area contributed by atoms with Crippen molar-refractivity contribution in [3.05, 3.63) is 0 Å². The SMILES string of the molecule is CC1(CCC(=O)OC2C(=O)C(S(=O)(=O)O)CC2O)NN1. The summed E-state index contributed by atoms with van der Waals surface area (Å²) in [7, 11) is -4.60. The number of aliphatic hydroxyl groups excluding tert-OH is 1. The molecule has 2 fully saturated rings. The van der Waals surface area contributed by atoms with Gasteiger partial charge in [0.1, 0.15) is 6.10 Å². The zero-order valence-corrected chi connectivity index (χ0v) is 11.5. The van der Waals surface area contributed by atoms with E-state index in [4.69, 9.17) is 9.29 Å². The molecule has 0 aromatic rings. The minimum absolute atomic E-state index is 0.00351. The summed E-state index contributed by atoms with van der Waals surface area (Å²) in [5, 5.41) is 7.85. The van der Waals surface area contributed by atoms with Crippen molar-refractivity contribution in [2.75, 3.05) is 0 Å². The summed E-state index contributed by atoms with van der Waals surface area (Å²) in [4.78, 5) is 23.3. The van der Waals surface area contributed by atoms with Gasteiger partial charge in [-0.05, 0) is 13.3 Å². The third-order valence-corrected chi connectivity index (χ3v) is 4.55. The number of aliphatic hydroxyl groups is 1.